The molecule has 5 aliphatic rings. The lowest BCUT2D eigenvalue weighted by Gasteiger charge is -2.64. The highest BCUT2D eigenvalue weighted by atomic mass is 16.7. The quantitative estimate of drug-likeness (QED) is 0.527. The van der Waals surface area contributed by atoms with Gasteiger partial charge in [0, 0.05) is 6.54 Å². The summed E-state index contributed by atoms with van der Waals surface area (Å²) < 4.78 is 18.4. The van der Waals surface area contributed by atoms with E-state index in [1.807, 2.05) is 0 Å². The molecule has 0 aromatic heterocycles. The Morgan fingerprint density at radius 1 is 1.17 bits per heavy atom. The van der Waals surface area contributed by atoms with Crippen LogP contribution in [0.4, 0.5) is 4.79 Å². The maximum absolute atomic E-state index is 12.9. The van der Waals surface area contributed by atoms with Crippen molar-refractivity contribution in [1.29, 1.82) is 0 Å². The lowest BCUT2D eigenvalue weighted by atomic mass is 9.43. The molecule has 0 aromatic carbocycles. The molecule has 8 nitrogen and oxygen atoms in total. The van der Waals surface area contributed by atoms with E-state index in [4.69, 9.17) is 14.0 Å². The molecule has 0 radical (unpaired) electrons. The zero-order chi connectivity index (χ0) is 25.9. The highest BCUT2D eigenvalue weighted by molar-refractivity contribution is 6.45. The minimum Gasteiger partial charge on any atom is -0.481 e. The largest absolute Gasteiger partial charge is 0.481 e. The van der Waals surface area contributed by atoms with E-state index >= 15 is 0 Å². The van der Waals surface area contributed by atoms with E-state index in [-0.39, 0.29) is 54.8 Å². The number of likely N-dealkylation sites (tertiary alicyclic amines) is 1. The summed E-state index contributed by atoms with van der Waals surface area (Å²) in [5.74, 6) is -0.395. The summed E-state index contributed by atoms with van der Waals surface area (Å²) in [4.78, 5) is 38.5. The molecule has 196 valence electrons. The second-order valence-electron chi connectivity index (χ2n) is 13.0. The Kier molecular flexibility index (Phi) is 6.84. The van der Waals surface area contributed by atoms with Gasteiger partial charge < -0.3 is 19.2 Å². The standard InChI is InChI=1S/C26H42BNO7/c1-15(29)22-18(16(11-21(30)31)14-28(22)23(32)33-24(2,3)4)9-8-10-27-34-20-13-17-12-19(25(17,5)6)26(20,7)35-27/h16-20,22H,8-14H2,1-7H3,(H,30,31)/t16?,17-,18+,19-,20+,22-,26-/m0/s1. The molecule has 9 heteroatoms. The first kappa shape index (κ1) is 26.5. The maximum Gasteiger partial charge on any atom is 0.457 e. The molecule has 0 aromatic rings. The first-order valence-corrected chi connectivity index (χ1v) is 13.2. The summed E-state index contributed by atoms with van der Waals surface area (Å²) in [5.41, 5.74) is -0.660. The molecule has 3 saturated carbocycles. The number of nitrogens with zero attached hydrogens (tertiary/aromatic N) is 1. The molecule has 5 rings (SSSR count). The Balaban J connectivity index is 1.40. The summed E-state index contributed by atoms with van der Waals surface area (Å²) in [5, 5.41) is 9.48. The van der Waals surface area contributed by atoms with Gasteiger partial charge in [0.25, 0.3) is 0 Å². The first-order valence-electron chi connectivity index (χ1n) is 13.2. The highest BCUT2D eigenvalue weighted by Gasteiger charge is 2.67. The van der Waals surface area contributed by atoms with E-state index in [2.05, 4.69) is 20.8 Å². The molecule has 2 saturated heterocycles. The normalized spacial score (nSPS) is 37.6. The van der Waals surface area contributed by atoms with Gasteiger partial charge in [0.15, 0.2) is 5.78 Å². The molecule has 1 amide bonds. The van der Waals surface area contributed by atoms with Gasteiger partial charge in [-0.3, -0.25) is 14.5 Å². The van der Waals surface area contributed by atoms with Gasteiger partial charge in [-0.05, 0) is 89.3 Å². The van der Waals surface area contributed by atoms with E-state index < -0.39 is 23.7 Å². The number of rotatable bonds is 7. The van der Waals surface area contributed by atoms with Crippen molar-refractivity contribution in [1.82, 2.24) is 4.90 Å². The van der Waals surface area contributed by atoms with Gasteiger partial charge in [-0.2, -0.15) is 0 Å². The number of carbonyl (C=O) groups excluding carboxylic acids is 2. The van der Waals surface area contributed by atoms with Crippen molar-refractivity contribution in [3.05, 3.63) is 0 Å². The van der Waals surface area contributed by atoms with Crippen LogP contribution < -0.4 is 0 Å². The summed E-state index contributed by atoms with van der Waals surface area (Å²) >= 11 is 0. The Labute approximate surface area is 209 Å². The van der Waals surface area contributed by atoms with Crippen molar-refractivity contribution >= 4 is 25.0 Å². The summed E-state index contributed by atoms with van der Waals surface area (Å²) in [7, 11) is -0.280. The Bertz CT molecular complexity index is 870. The number of hydrogen-bond acceptors (Lipinski definition) is 6. The minimum atomic E-state index is -0.922. The monoisotopic (exact) mass is 491 g/mol. The molecule has 2 aliphatic heterocycles. The fourth-order valence-electron chi connectivity index (χ4n) is 7.45. The molecule has 2 bridgehead atoms. The number of ketones is 1. The van der Waals surface area contributed by atoms with Crippen LogP contribution in [0.2, 0.25) is 6.32 Å². The number of carboxylic acid groups (broad SMARTS) is 1. The third-order valence-electron chi connectivity index (χ3n) is 9.24. The number of carbonyl (C=O) groups is 3. The molecule has 0 spiro atoms. The number of aliphatic carboxylic acids is 1. The zero-order valence-electron chi connectivity index (χ0n) is 22.3. The first-order chi connectivity index (χ1) is 16.1. The van der Waals surface area contributed by atoms with Gasteiger partial charge in [0.2, 0.25) is 0 Å². The van der Waals surface area contributed by atoms with Crippen molar-refractivity contribution in [2.75, 3.05) is 6.54 Å². The predicted octanol–water partition coefficient (Wildman–Crippen LogP) is 4.41. The summed E-state index contributed by atoms with van der Waals surface area (Å²) in [6, 6.07) is -0.673. The van der Waals surface area contributed by atoms with Crippen LogP contribution in [0.3, 0.4) is 0 Å². The number of carboxylic acids is 1. The van der Waals surface area contributed by atoms with Crippen molar-refractivity contribution in [3.8, 4) is 0 Å². The maximum atomic E-state index is 12.9. The fraction of sp³-hybridized carbons (Fsp3) is 0.885. The lowest BCUT2D eigenvalue weighted by molar-refractivity contribution is -0.199. The molecule has 2 heterocycles. The van der Waals surface area contributed by atoms with Crippen LogP contribution in [0, 0.1) is 29.1 Å². The predicted molar refractivity (Wildman–Crippen MR) is 131 cm³/mol. The van der Waals surface area contributed by atoms with E-state index in [0.717, 1.165) is 12.8 Å². The fourth-order valence-corrected chi connectivity index (χ4v) is 7.45. The van der Waals surface area contributed by atoms with Gasteiger partial charge in [0.05, 0.1) is 24.2 Å². The lowest BCUT2D eigenvalue weighted by Crippen LogP contribution is -2.65. The van der Waals surface area contributed by atoms with Crippen LogP contribution in [0.15, 0.2) is 0 Å². The van der Waals surface area contributed by atoms with E-state index in [1.165, 1.54) is 18.2 Å². The number of Topliss-reactive ketones (excluding diaryl/α,β-unsaturated/α-hetero) is 1. The Hall–Kier alpha value is -1.61. The van der Waals surface area contributed by atoms with Crippen molar-refractivity contribution in [2.24, 2.45) is 29.1 Å². The van der Waals surface area contributed by atoms with Crippen LogP contribution in [-0.4, -0.2) is 64.9 Å². The molecule has 35 heavy (non-hydrogen) atoms. The average molecular weight is 491 g/mol. The summed E-state index contributed by atoms with van der Waals surface area (Å²) in [6.07, 6.45) is 3.79. The van der Waals surface area contributed by atoms with Gasteiger partial charge in [0.1, 0.15) is 5.60 Å². The van der Waals surface area contributed by atoms with Crippen LogP contribution in [0.25, 0.3) is 0 Å². The zero-order valence-corrected chi connectivity index (χ0v) is 22.3. The topological polar surface area (TPSA) is 102 Å². The number of ether oxygens (including phenoxy) is 1. The molecule has 3 aliphatic carbocycles. The van der Waals surface area contributed by atoms with Gasteiger partial charge in [-0.15, -0.1) is 0 Å². The van der Waals surface area contributed by atoms with Crippen LogP contribution in [-0.2, 0) is 23.6 Å². The van der Waals surface area contributed by atoms with Crippen LogP contribution in [0.1, 0.15) is 80.6 Å². The molecule has 7 atom stereocenters. The Morgan fingerprint density at radius 2 is 1.86 bits per heavy atom. The van der Waals surface area contributed by atoms with Crippen LogP contribution >= 0.6 is 0 Å². The third-order valence-corrected chi connectivity index (χ3v) is 9.24. The van der Waals surface area contributed by atoms with E-state index in [9.17, 15) is 19.5 Å². The smallest absolute Gasteiger partial charge is 0.457 e. The van der Waals surface area contributed by atoms with Crippen molar-refractivity contribution < 1.29 is 33.5 Å². The second kappa shape index (κ2) is 9.05. The molecule has 1 N–H and O–H groups in total. The van der Waals surface area contributed by atoms with Crippen molar-refractivity contribution in [3.63, 3.8) is 0 Å². The molecular weight excluding hydrogens is 449 g/mol. The van der Waals surface area contributed by atoms with Gasteiger partial charge in [-0.1, -0.05) is 20.3 Å². The number of amides is 1. The SMILES string of the molecule is CC(=O)[C@H]1[C@H](CCCB2O[C@@H]3C[C@@H]4C[C@@H](C4(C)C)[C@]3(C)O2)C(CC(=O)O)CN1C(=O)OC(C)(C)C. The Morgan fingerprint density at radius 3 is 2.43 bits per heavy atom. The van der Waals surface area contributed by atoms with Gasteiger partial charge >= 0.3 is 19.2 Å². The van der Waals surface area contributed by atoms with E-state index in [1.54, 1.807) is 20.8 Å². The minimum absolute atomic E-state index is 0.0809. The second-order valence-corrected chi connectivity index (χ2v) is 13.0. The highest BCUT2D eigenvalue weighted by Crippen LogP contribution is 2.65. The number of hydrogen-bond donors (Lipinski definition) is 1. The van der Waals surface area contributed by atoms with E-state index in [0.29, 0.717) is 24.6 Å². The van der Waals surface area contributed by atoms with Gasteiger partial charge in [-0.25, -0.2) is 4.79 Å². The van der Waals surface area contributed by atoms with Crippen LogP contribution in [0.5, 0.6) is 0 Å². The summed E-state index contributed by atoms with van der Waals surface area (Å²) in [6.45, 7) is 13.9. The van der Waals surface area contributed by atoms with Crippen molar-refractivity contribution in [2.45, 2.75) is 110 Å². The molecular formula is C26H42BNO7. The third kappa shape index (κ3) is 4.87. The molecule has 1 unspecified atom stereocenters. The average Bonchev–Trinajstić information content (AvgIpc) is 3.23. The molecule has 5 fully saturated rings.